The lowest BCUT2D eigenvalue weighted by Crippen LogP contribution is -2.43. The number of hydrogen-bond acceptors (Lipinski definition) is 2. The fourth-order valence-corrected chi connectivity index (χ4v) is 3.31. The molecule has 4 rings (SSSR count). The highest BCUT2D eigenvalue weighted by molar-refractivity contribution is 7.80. The van der Waals surface area contributed by atoms with Crippen LogP contribution in [0.4, 0.5) is 0 Å². The van der Waals surface area contributed by atoms with Gasteiger partial charge in [0.15, 0.2) is 5.11 Å². The minimum absolute atomic E-state index is 0.104. The first-order valence-corrected chi connectivity index (χ1v) is 8.57. The summed E-state index contributed by atoms with van der Waals surface area (Å²) in [5.41, 5.74) is 5.34. The van der Waals surface area contributed by atoms with Crippen molar-refractivity contribution in [3.05, 3.63) is 102 Å². The minimum atomic E-state index is -0.104. The van der Waals surface area contributed by atoms with Crippen molar-refractivity contribution < 1.29 is 0 Å². The number of pyridine rings is 1. The first kappa shape index (κ1) is 15.5. The van der Waals surface area contributed by atoms with E-state index in [-0.39, 0.29) is 6.04 Å². The van der Waals surface area contributed by atoms with Crippen LogP contribution in [0.3, 0.4) is 0 Å². The Kier molecular flexibility index (Phi) is 4.27. The van der Waals surface area contributed by atoms with Crippen LogP contribution in [0.1, 0.15) is 22.9 Å². The van der Waals surface area contributed by atoms with E-state index in [4.69, 9.17) is 12.2 Å². The van der Waals surface area contributed by atoms with E-state index in [9.17, 15) is 0 Å². The molecule has 0 radical (unpaired) electrons. The lowest BCUT2D eigenvalue weighted by atomic mass is 9.90. The van der Waals surface area contributed by atoms with Gasteiger partial charge in [-0.2, -0.15) is 0 Å². The predicted molar refractivity (Wildman–Crippen MR) is 106 cm³/mol. The Morgan fingerprint density at radius 1 is 0.760 bits per heavy atom. The zero-order valence-corrected chi connectivity index (χ0v) is 14.3. The second-order valence-corrected chi connectivity index (χ2v) is 6.22. The van der Waals surface area contributed by atoms with Gasteiger partial charge in [-0.3, -0.25) is 4.98 Å². The topological polar surface area (TPSA) is 37.0 Å². The van der Waals surface area contributed by atoms with Crippen LogP contribution in [0.5, 0.6) is 0 Å². The second kappa shape index (κ2) is 6.87. The fraction of sp³-hybridized carbons (Fsp3) is 0.0476. The second-order valence-electron chi connectivity index (χ2n) is 5.81. The summed E-state index contributed by atoms with van der Waals surface area (Å²) in [7, 11) is 0. The number of aromatic nitrogens is 1. The summed E-state index contributed by atoms with van der Waals surface area (Å²) in [6, 6.07) is 26.5. The molecule has 25 heavy (non-hydrogen) atoms. The van der Waals surface area contributed by atoms with Gasteiger partial charge in [-0.15, -0.1) is 0 Å². The van der Waals surface area contributed by atoms with E-state index < -0.39 is 0 Å². The largest absolute Gasteiger partial charge is 0.350 e. The number of rotatable bonds is 3. The van der Waals surface area contributed by atoms with Crippen LogP contribution in [-0.4, -0.2) is 10.1 Å². The molecule has 0 aliphatic carbocycles. The van der Waals surface area contributed by atoms with Crippen LogP contribution < -0.4 is 10.6 Å². The molecule has 0 saturated heterocycles. The molecule has 4 heteroatoms. The lowest BCUT2D eigenvalue weighted by molar-refractivity contribution is 0.757. The van der Waals surface area contributed by atoms with Gasteiger partial charge in [0.2, 0.25) is 0 Å². The molecule has 0 saturated carbocycles. The highest BCUT2D eigenvalue weighted by Crippen LogP contribution is 2.36. The molecular formula is C21H17N3S. The van der Waals surface area contributed by atoms with Crippen molar-refractivity contribution in [2.24, 2.45) is 0 Å². The summed E-state index contributed by atoms with van der Waals surface area (Å²) < 4.78 is 0. The molecule has 1 unspecified atom stereocenters. The standard InChI is InChI=1S/C21H17N3S/c25-21-23-19(16-11-5-2-6-12-16)18(15-9-3-1-4-10-15)20(24-21)17-13-7-8-14-22-17/h1-14,20H,(H2,23,24,25). The highest BCUT2D eigenvalue weighted by Gasteiger charge is 2.29. The molecule has 122 valence electrons. The molecule has 3 nitrogen and oxygen atoms in total. The Hall–Kier alpha value is -2.98. The molecule has 0 bridgehead atoms. The van der Waals surface area contributed by atoms with Crippen molar-refractivity contribution in [2.75, 3.05) is 0 Å². The smallest absolute Gasteiger partial charge is 0.171 e. The number of thiocarbonyl (C=S) groups is 1. The summed E-state index contributed by atoms with van der Waals surface area (Å²) >= 11 is 5.48. The highest BCUT2D eigenvalue weighted by atomic mass is 32.1. The molecule has 1 atom stereocenters. The fourth-order valence-electron chi connectivity index (χ4n) is 3.09. The van der Waals surface area contributed by atoms with Crippen LogP contribution in [0, 0.1) is 0 Å². The third kappa shape index (κ3) is 3.16. The molecular weight excluding hydrogens is 326 g/mol. The molecule has 0 spiro atoms. The van der Waals surface area contributed by atoms with Crippen molar-refractivity contribution in [3.8, 4) is 0 Å². The van der Waals surface area contributed by atoms with Crippen LogP contribution in [0.2, 0.25) is 0 Å². The van der Waals surface area contributed by atoms with Crippen molar-refractivity contribution in [1.29, 1.82) is 0 Å². The summed E-state index contributed by atoms with van der Waals surface area (Å²) in [4.78, 5) is 4.56. The van der Waals surface area contributed by atoms with Crippen LogP contribution in [0.25, 0.3) is 11.3 Å². The first-order valence-electron chi connectivity index (χ1n) is 8.16. The Labute approximate surface area is 152 Å². The molecule has 1 aliphatic heterocycles. The number of nitrogens with zero attached hydrogens (tertiary/aromatic N) is 1. The molecule has 3 aromatic rings. The monoisotopic (exact) mass is 343 g/mol. The van der Waals surface area contributed by atoms with Gasteiger partial charge in [0.25, 0.3) is 0 Å². The molecule has 1 aliphatic rings. The van der Waals surface area contributed by atoms with Crippen LogP contribution in [-0.2, 0) is 0 Å². The van der Waals surface area contributed by atoms with E-state index >= 15 is 0 Å². The van der Waals surface area contributed by atoms with Gasteiger partial charge >= 0.3 is 0 Å². The Balaban J connectivity index is 1.96. The Morgan fingerprint density at radius 3 is 2.04 bits per heavy atom. The van der Waals surface area contributed by atoms with Crippen molar-refractivity contribution >= 4 is 28.6 Å². The molecule has 0 amide bonds. The van der Waals surface area contributed by atoms with Gasteiger partial charge < -0.3 is 10.6 Å². The Morgan fingerprint density at radius 2 is 1.40 bits per heavy atom. The third-order valence-corrected chi connectivity index (χ3v) is 4.42. The van der Waals surface area contributed by atoms with Crippen LogP contribution >= 0.6 is 12.2 Å². The van der Waals surface area contributed by atoms with Gasteiger partial charge in [-0.25, -0.2) is 0 Å². The maximum atomic E-state index is 5.48. The molecule has 2 aromatic carbocycles. The maximum absolute atomic E-state index is 5.48. The number of benzene rings is 2. The summed E-state index contributed by atoms with van der Waals surface area (Å²) in [5, 5.41) is 7.34. The van der Waals surface area contributed by atoms with E-state index in [1.807, 2.05) is 60.8 Å². The lowest BCUT2D eigenvalue weighted by Gasteiger charge is -2.32. The zero-order valence-electron chi connectivity index (χ0n) is 13.5. The molecule has 2 heterocycles. The van der Waals surface area contributed by atoms with E-state index in [2.05, 4.69) is 39.9 Å². The molecule has 1 aromatic heterocycles. The van der Waals surface area contributed by atoms with Crippen molar-refractivity contribution in [2.45, 2.75) is 6.04 Å². The van der Waals surface area contributed by atoms with E-state index in [0.29, 0.717) is 5.11 Å². The predicted octanol–water partition coefficient (Wildman–Crippen LogP) is 4.17. The summed E-state index contributed by atoms with van der Waals surface area (Å²) in [6.07, 6.45) is 1.81. The number of hydrogen-bond donors (Lipinski definition) is 2. The first-order chi connectivity index (χ1) is 12.3. The minimum Gasteiger partial charge on any atom is -0.350 e. The summed E-state index contributed by atoms with van der Waals surface area (Å²) in [5.74, 6) is 0. The summed E-state index contributed by atoms with van der Waals surface area (Å²) in [6.45, 7) is 0. The Bertz CT molecular complexity index is 906. The zero-order chi connectivity index (χ0) is 17.1. The van der Waals surface area contributed by atoms with Gasteiger partial charge in [-0.05, 0) is 35.5 Å². The van der Waals surface area contributed by atoms with Crippen molar-refractivity contribution in [3.63, 3.8) is 0 Å². The molecule has 2 N–H and O–H groups in total. The van der Waals surface area contributed by atoms with E-state index in [0.717, 1.165) is 28.1 Å². The van der Waals surface area contributed by atoms with Gasteiger partial charge in [0.05, 0.1) is 17.4 Å². The van der Waals surface area contributed by atoms with Gasteiger partial charge in [0, 0.05) is 11.8 Å². The SMILES string of the molecule is S=C1NC(c2ccccc2)=C(c2ccccc2)C(c2ccccn2)N1. The number of nitrogens with one attached hydrogen (secondary N) is 2. The average molecular weight is 343 g/mol. The van der Waals surface area contributed by atoms with Crippen LogP contribution in [0.15, 0.2) is 85.1 Å². The maximum Gasteiger partial charge on any atom is 0.171 e. The van der Waals surface area contributed by atoms with E-state index in [1.165, 1.54) is 0 Å². The van der Waals surface area contributed by atoms with E-state index in [1.54, 1.807) is 0 Å². The average Bonchev–Trinajstić information content (AvgIpc) is 2.69. The van der Waals surface area contributed by atoms with Gasteiger partial charge in [0.1, 0.15) is 0 Å². The third-order valence-electron chi connectivity index (χ3n) is 4.20. The normalized spacial score (nSPS) is 17.0. The van der Waals surface area contributed by atoms with Crippen molar-refractivity contribution in [1.82, 2.24) is 15.6 Å². The molecule has 0 fully saturated rings. The van der Waals surface area contributed by atoms with Gasteiger partial charge in [-0.1, -0.05) is 66.7 Å². The quantitative estimate of drug-likeness (QED) is 0.700.